The molecule has 0 aromatic rings. The Morgan fingerprint density at radius 2 is 0.750 bits per heavy atom. The van der Waals surface area contributed by atoms with Crippen molar-refractivity contribution in [1.82, 2.24) is 0 Å². The summed E-state index contributed by atoms with van der Waals surface area (Å²) < 4.78 is 0. The van der Waals surface area contributed by atoms with Gasteiger partial charge in [0, 0.05) is 5.41 Å². The van der Waals surface area contributed by atoms with Crippen LogP contribution < -0.4 is 0 Å². The molecule has 1 heteroatoms. The van der Waals surface area contributed by atoms with Gasteiger partial charge in [0.15, 0.2) is 0 Å². The van der Waals surface area contributed by atoms with Gasteiger partial charge < -0.3 is 5.11 Å². The second kappa shape index (κ2) is 24.0. The van der Waals surface area contributed by atoms with E-state index in [1.807, 2.05) is 5.57 Å². The van der Waals surface area contributed by atoms with Crippen LogP contribution in [0, 0.1) is 21.7 Å². The summed E-state index contributed by atoms with van der Waals surface area (Å²) in [6, 6.07) is 0. The lowest BCUT2D eigenvalue weighted by Gasteiger charge is -2.74. The maximum atomic E-state index is 14.0. The monoisotopic (exact) mass is 673 g/mol. The second-order valence-electron chi connectivity index (χ2n) is 17.0. The number of unbranched alkanes of at least 4 members (excludes halogenated alkanes) is 10. The third-order valence-electron chi connectivity index (χ3n) is 13.9. The normalized spacial score (nSPS) is 20.3. The van der Waals surface area contributed by atoms with E-state index in [0.29, 0.717) is 0 Å². The van der Waals surface area contributed by atoms with E-state index in [9.17, 15) is 5.11 Å². The number of aliphatic hydroxyl groups is 1. The smallest absolute Gasteiger partial charge is 0.0743 e. The van der Waals surface area contributed by atoms with Crippen molar-refractivity contribution < 1.29 is 5.11 Å². The Morgan fingerprint density at radius 3 is 1.12 bits per heavy atom. The van der Waals surface area contributed by atoms with E-state index in [1.54, 1.807) is 0 Å². The minimum absolute atomic E-state index is 0.124. The quantitative estimate of drug-likeness (QED) is 0.0727. The molecule has 0 aromatic heterocycles. The number of hydrogen-bond acceptors (Lipinski definition) is 1. The average molecular weight is 673 g/mol. The fraction of sp³-hybridized carbons (Fsp3) is 0.957. The van der Waals surface area contributed by atoms with Crippen LogP contribution in [0.1, 0.15) is 262 Å². The summed E-state index contributed by atoms with van der Waals surface area (Å²) in [6.45, 7) is 24.3. The lowest BCUT2D eigenvalue weighted by molar-refractivity contribution is -0.245. The van der Waals surface area contributed by atoms with E-state index in [1.165, 1.54) is 167 Å². The average Bonchev–Trinajstić information content (AvgIpc) is 3.10. The Bertz CT molecular complexity index is 789. The van der Waals surface area contributed by atoms with E-state index in [2.05, 4.69) is 75.3 Å². The maximum Gasteiger partial charge on any atom is 0.0743 e. The highest BCUT2D eigenvalue weighted by molar-refractivity contribution is 5.37. The Morgan fingerprint density at radius 1 is 0.417 bits per heavy atom. The highest BCUT2D eigenvalue weighted by Gasteiger charge is 2.73. The summed E-state index contributed by atoms with van der Waals surface area (Å²) >= 11 is 0. The van der Waals surface area contributed by atoms with Crippen molar-refractivity contribution >= 4 is 0 Å². The highest BCUT2D eigenvalue weighted by Crippen LogP contribution is 2.79. The molecule has 0 saturated heterocycles. The molecule has 1 atom stereocenters. The van der Waals surface area contributed by atoms with Crippen LogP contribution in [0.25, 0.3) is 0 Å². The minimum Gasteiger partial charge on any atom is -0.389 e. The van der Waals surface area contributed by atoms with Gasteiger partial charge >= 0.3 is 0 Å². The lowest BCUT2D eigenvalue weighted by Crippen LogP contribution is -2.70. The van der Waals surface area contributed by atoms with Crippen molar-refractivity contribution in [3.63, 3.8) is 0 Å². The fourth-order valence-electron chi connectivity index (χ4n) is 11.5. The molecular weight excluding hydrogens is 581 g/mol. The van der Waals surface area contributed by atoms with Gasteiger partial charge in [0.25, 0.3) is 0 Å². The molecule has 1 rings (SSSR count). The summed E-state index contributed by atoms with van der Waals surface area (Å²) in [4.78, 5) is 0. The molecule has 1 aliphatic carbocycles. The molecule has 0 radical (unpaired) electrons. The largest absolute Gasteiger partial charge is 0.389 e. The summed E-state index contributed by atoms with van der Waals surface area (Å²) in [6.07, 6.45) is 40.9. The summed E-state index contributed by atoms with van der Waals surface area (Å²) in [7, 11) is 0. The van der Waals surface area contributed by atoms with E-state index in [4.69, 9.17) is 0 Å². The molecule has 0 amide bonds. The van der Waals surface area contributed by atoms with Gasteiger partial charge in [-0.3, -0.25) is 0 Å². The van der Waals surface area contributed by atoms with Gasteiger partial charge in [0.05, 0.1) is 5.60 Å². The van der Waals surface area contributed by atoms with Gasteiger partial charge in [-0.25, -0.2) is 0 Å². The Kier molecular flexibility index (Phi) is 22.9. The topological polar surface area (TPSA) is 20.2 Å². The molecule has 48 heavy (non-hydrogen) atoms. The number of allylic oxidation sites excluding steroid dienone is 1. The zero-order valence-corrected chi connectivity index (χ0v) is 35.2. The molecule has 0 spiro atoms. The van der Waals surface area contributed by atoms with E-state index in [0.717, 1.165) is 25.7 Å². The standard InChI is InChI=1S/C47H92O/c1-11-21-31-42-41-46(38-28-18-8,47(48,39-29-19-9)40-30-20-10)45(36-26-16-6,37-27-17-7)44(34-24-14-4,35-25-15-5)43(42,32-22-12-2)33-23-13-3/h41,48H,11-40H2,1-10H3. The predicted molar refractivity (Wildman–Crippen MR) is 218 cm³/mol. The van der Waals surface area contributed by atoms with E-state index < -0.39 is 5.60 Å². The maximum absolute atomic E-state index is 14.0. The van der Waals surface area contributed by atoms with Crippen LogP contribution in [0.15, 0.2) is 11.6 Å². The fourth-order valence-corrected chi connectivity index (χ4v) is 11.5. The van der Waals surface area contributed by atoms with Gasteiger partial charge in [-0.2, -0.15) is 0 Å². The molecule has 1 aliphatic rings. The van der Waals surface area contributed by atoms with Crippen LogP contribution in [-0.2, 0) is 0 Å². The van der Waals surface area contributed by atoms with Crippen molar-refractivity contribution in [1.29, 1.82) is 0 Å². The molecule has 0 heterocycles. The third kappa shape index (κ3) is 9.97. The number of rotatable bonds is 31. The van der Waals surface area contributed by atoms with Gasteiger partial charge in [0.2, 0.25) is 0 Å². The Labute approximate surface area is 305 Å². The van der Waals surface area contributed by atoms with Gasteiger partial charge in [-0.05, 0) is 86.9 Å². The van der Waals surface area contributed by atoms with Crippen LogP contribution in [0.3, 0.4) is 0 Å². The van der Waals surface area contributed by atoms with Crippen molar-refractivity contribution in [2.24, 2.45) is 21.7 Å². The number of hydrogen-bond donors (Lipinski definition) is 1. The van der Waals surface area contributed by atoms with Gasteiger partial charge in [-0.15, -0.1) is 0 Å². The SMILES string of the molecule is CCCCC1=CC(CCCC)(C(O)(CCCC)CCCC)C(CCCC)(CCCC)C(CCCC)(CCCC)C1(CCCC)CCCC. The molecule has 0 fully saturated rings. The summed E-state index contributed by atoms with van der Waals surface area (Å²) in [5.74, 6) is 0. The van der Waals surface area contributed by atoms with Crippen molar-refractivity contribution in [2.75, 3.05) is 0 Å². The first kappa shape index (κ1) is 45.7. The summed E-state index contributed by atoms with van der Waals surface area (Å²) in [5.41, 5.74) is 1.67. The van der Waals surface area contributed by atoms with Gasteiger partial charge in [0.1, 0.15) is 0 Å². The first-order valence-electron chi connectivity index (χ1n) is 22.7. The first-order chi connectivity index (χ1) is 23.2. The second-order valence-corrected chi connectivity index (χ2v) is 17.0. The van der Waals surface area contributed by atoms with Crippen molar-refractivity contribution in [2.45, 2.75) is 267 Å². The van der Waals surface area contributed by atoms with Crippen LogP contribution in [-0.4, -0.2) is 10.7 Å². The van der Waals surface area contributed by atoms with Gasteiger partial charge in [-0.1, -0.05) is 203 Å². The molecule has 0 aliphatic heterocycles. The molecule has 286 valence electrons. The Balaban J connectivity index is 4.87. The lowest BCUT2D eigenvalue weighted by atomic mass is 9.30. The first-order valence-corrected chi connectivity index (χ1v) is 22.7. The van der Waals surface area contributed by atoms with Crippen LogP contribution >= 0.6 is 0 Å². The molecule has 1 N–H and O–H groups in total. The highest BCUT2D eigenvalue weighted by atomic mass is 16.3. The molecule has 1 unspecified atom stereocenters. The summed E-state index contributed by atoms with van der Waals surface area (Å²) in [5, 5.41) is 14.0. The van der Waals surface area contributed by atoms with Crippen molar-refractivity contribution in [3.05, 3.63) is 11.6 Å². The zero-order valence-electron chi connectivity index (χ0n) is 35.2. The van der Waals surface area contributed by atoms with E-state index in [-0.39, 0.29) is 21.7 Å². The van der Waals surface area contributed by atoms with Crippen LogP contribution in [0.4, 0.5) is 0 Å². The van der Waals surface area contributed by atoms with Crippen LogP contribution in [0.5, 0.6) is 0 Å². The molecule has 0 saturated carbocycles. The Hall–Kier alpha value is -0.300. The predicted octanol–water partition coefficient (Wildman–Crippen LogP) is 16.5. The van der Waals surface area contributed by atoms with Crippen molar-refractivity contribution in [3.8, 4) is 0 Å². The van der Waals surface area contributed by atoms with E-state index >= 15 is 0 Å². The van der Waals surface area contributed by atoms with Crippen LogP contribution in [0.2, 0.25) is 0 Å². The third-order valence-corrected chi connectivity index (χ3v) is 13.9. The molecular formula is C47H92O. The molecule has 0 aromatic carbocycles. The minimum atomic E-state index is -0.640. The molecule has 1 nitrogen and oxygen atoms in total. The zero-order chi connectivity index (χ0) is 36.0. The molecule has 0 bridgehead atoms.